The first-order valence-corrected chi connectivity index (χ1v) is 15.4. The number of thiol groups is 2. The van der Waals surface area contributed by atoms with Crippen LogP contribution in [0.2, 0.25) is 0 Å². The minimum atomic E-state index is 0.469. The highest BCUT2D eigenvalue weighted by atomic mass is 33.1. The van der Waals surface area contributed by atoms with E-state index in [1.54, 1.807) is 0 Å². The minimum absolute atomic E-state index is 0.469. The van der Waals surface area contributed by atoms with Crippen molar-refractivity contribution in [3.63, 3.8) is 0 Å². The third kappa shape index (κ3) is 12.3. The lowest BCUT2D eigenvalue weighted by Crippen LogP contribution is -2.08. The maximum atomic E-state index is 4.74. The second-order valence-electron chi connectivity index (χ2n) is 6.50. The highest BCUT2D eigenvalue weighted by Crippen LogP contribution is 2.27. The molecular weight excluding hydrogens is 457 g/mol. The molecule has 0 aliphatic heterocycles. The standard InChI is InChI=1S/C22H30S6/c23-21(15-25-13-11-19-7-3-1-4-8-19)17-27-28-18-22(24)16-26-14-12-20-9-5-2-6-10-20/h1-10,21-24H,11-18H2. The van der Waals surface area contributed by atoms with Gasteiger partial charge in [-0.15, -0.1) is 0 Å². The van der Waals surface area contributed by atoms with Crippen molar-refractivity contribution in [3.05, 3.63) is 71.8 Å². The molecule has 6 heteroatoms. The Hall–Kier alpha value is 0.540. The fourth-order valence-electron chi connectivity index (χ4n) is 2.46. The summed E-state index contributed by atoms with van der Waals surface area (Å²) >= 11 is 13.5. The second kappa shape index (κ2) is 16.3. The lowest BCUT2D eigenvalue weighted by molar-refractivity contribution is 1.13. The van der Waals surface area contributed by atoms with Crippen molar-refractivity contribution in [2.75, 3.05) is 34.5 Å². The lowest BCUT2D eigenvalue weighted by atomic mass is 10.2. The van der Waals surface area contributed by atoms with Crippen molar-refractivity contribution >= 4 is 70.4 Å². The molecule has 0 heterocycles. The molecule has 0 fully saturated rings. The molecule has 2 aromatic rings. The molecule has 0 saturated carbocycles. The summed E-state index contributed by atoms with van der Waals surface area (Å²) in [6, 6.07) is 21.5. The summed E-state index contributed by atoms with van der Waals surface area (Å²) in [6.45, 7) is 0. The van der Waals surface area contributed by atoms with E-state index in [0.717, 1.165) is 35.9 Å². The molecule has 154 valence electrons. The smallest absolute Gasteiger partial charge is 0.0206 e. The van der Waals surface area contributed by atoms with Crippen LogP contribution in [0.5, 0.6) is 0 Å². The molecule has 0 radical (unpaired) electrons. The SMILES string of the molecule is SC(CSCCc1ccccc1)CSSCC(S)CSCCc1ccccc1. The van der Waals surface area contributed by atoms with Crippen LogP contribution in [-0.4, -0.2) is 45.0 Å². The minimum Gasteiger partial charge on any atom is -0.174 e. The van der Waals surface area contributed by atoms with Gasteiger partial charge >= 0.3 is 0 Å². The average molecular weight is 487 g/mol. The molecule has 28 heavy (non-hydrogen) atoms. The molecule has 0 bridgehead atoms. The van der Waals surface area contributed by atoms with E-state index in [-0.39, 0.29) is 0 Å². The first-order chi connectivity index (χ1) is 13.7. The first kappa shape index (κ1) is 24.8. The summed E-state index contributed by atoms with van der Waals surface area (Å²) in [5.41, 5.74) is 2.86. The predicted molar refractivity (Wildman–Crippen MR) is 145 cm³/mol. The number of aryl methyl sites for hydroxylation is 2. The van der Waals surface area contributed by atoms with E-state index in [0.29, 0.717) is 10.5 Å². The van der Waals surface area contributed by atoms with Crippen LogP contribution in [-0.2, 0) is 12.8 Å². The molecule has 2 atom stereocenters. The first-order valence-electron chi connectivity index (χ1n) is 9.58. The molecule has 0 aliphatic carbocycles. The predicted octanol–water partition coefficient (Wildman–Crippen LogP) is 6.92. The van der Waals surface area contributed by atoms with Gasteiger partial charge in [0.25, 0.3) is 0 Å². The van der Waals surface area contributed by atoms with Gasteiger partial charge in [-0.05, 0) is 35.5 Å². The van der Waals surface area contributed by atoms with Gasteiger partial charge in [0.05, 0.1) is 0 Å². The topological polar surface area (TPSA) is 0 Å². The van der Waals surface area contributed by atoms with Gasteiger partial charge in [-0.3, -0.25) is 0 Å². The molecule has 2 unspecified atom stereocenters. The zero-order chi connectivity index (χ0) is 19.9. The van der Waals surface area contributed by atoms with Gasteiger partial charge < -0.3 is 0 Å². The molecule has 0 saturated heterocycles. The van der Waals surface area contributed by atoms with E-state index >= 15 is 0 Å². The fraction of sp³-hybridized carbons (Fsp3) is 0.455. The Bertz CT molecular complexity index is 551. The van der Waals surface area contributed by atoms with Crippen molar-refractivity contribution in [2.24, 2.45) is 0 Å². The maximum absolute atomic E-state index is 4.74. The van der Waals surface area contributed by atoms with E-state index in [2.05, 4.69) is 60.7 Å². The van der Waals surface area contributed by atoms with Gasteiger partial charge in [-0.25, -0.2) is 0 Å². The zero-order valence-electron chi connectivity index (χ0n) is 16.1. The number of hydrogen-bond acceptors (Lipinski definition) is 6. The molecule has 0 aromatic heterocycles. The van der Waals surface area contributed by atoms with Crippen LogP contribution in [0.15, 0.2) is 60.7 Å². The summed E-state index contributed by atoms with van der Waals surface area (Å²) < 4.78 is 0. The molecule has 0 aliphatic rings. The molecule has 2 aromatic carbocycles. The van der Waals surface area contributed by atoms with Crippen LogP contribution in [0.1, 0.15) is 11.1 Å². The third-order valence-electron chi connectivity index (χ3n) is 3.98. The third-order valence-corrected chi connectivity index (χ3v) is 10.5. The summed E-state index contributed by atoms with van der Waals surface area (Å²) in [6.07, 6.45) is 2.30. The summed E-state index contributed by atoms with van der Waals surface area (Å²) in [5, 5.41) is 0.939. The molecule has 0 nitrogen and oxygen atoms in total. The van der Waals surface area contributed by atoms with Crippen LogP contribution < -0.4 is 0 Å². The van der Waals surface area contributed by atoms with Gasteiger partial charge in [-0.1, -0.05) is 82.3 Å². The summed E-state index contributed by atoms with van der Waals surface area (Å²) in [4.78, 5) is 0. The normalized spacial score (nSPS) is 13.4. The highest BCUT2D eigenvalue weighted by Gasteiger charge is 2.07. The molecule has 0 amide bonds. The van der Waals surface area contributed by atoms with E-state index < -0.39 is 0 Å². The molecule has 2 rings (SSSR count). The Morgan fingerprint density at radius 2 is 0.964 bits per heavy atom. The van der Waals surface area contributed by atoms with Crippen molar-refractivity contribution in [3.8, 4) is 0 Å². The van der Waals surface area contributed by atoms with Crippen LogP contribution in [0, 0.1) is 0 Å². The largest absolute Gasteiger partial charge is 0.174 e. The monoisotopic (exact) mass is 486 g/mol. The van der Waals surface area contributed by atoms with Gasteiger partial charge in [-0.2, -0.15) is 48.8 Å². The van der Waals surface area contributed by atoms with Crippen LogP contribution >= 0.6 is 70.4 Å². The number of benzene rings is 2. The molecule has 0 spiro atoms. The lowest BCUT2D eigenvalue weighted by Gasteiger charge is -2.12. The Morgan fingerprint density at radius 3 is 1.36 bits per heavy atom. The Kier molecular flexibility index (Phi) is 14.4. The number of rotatable bonds is 15. The zero-order valence-corrected chi connectivity index (χ0v) is 21.2. The van der Waals surface area contributed by atoms with Crippen molar-refractivity contribution < 1.29 is 0 Å². The number of thioether (sulfide) groups is 2. The van der Waals surface area contributed by atoms with E-state index in [9.17, 15) is 0 Å². The molecular formula is C22H30S6. The van der Waals surface area contributed by atoms with Gasteiger partial charge in [0.2, 0.25) is 0 Å². The Morgan fingerprint density at radius 1 is 0.571 bits per heavy atom. The van der Waals surface area contributed by atoms with Crippen molar-refractivity contribution in [1.29, 1.82) is 0 Å². The summed E-state index contributed by atoms with van der Waals surface area (Å²) in [5.74, 6) is 6.82. The molecule has 0 N–H and O–H groups in total. The number of hydrogen-bond donors (Lipinski definition) is 2. The fourth-order valence-corrected chi connectivity index (χ4v) is 8.62. The summed E-state index contributed by atoms with van der Waals surface area (Å²) in [7, 11) is 3.90. The van der Waals surface area contributed by atoms with Crippen molar-refractivity contribution in [2.45, 2.75) is 23.3 Å². The van der Waals surface area contributed by atoms with Crippen LogP contribution in [0.4, 0.5) is 0 Å². The second-order valence-corrected chi connectivity index (χ2v) is 12.8. The van der Waals surface area contributed by atoms with E-state index in [1.807, 2.05) is 45.1 Å². The van der Waals surface area contributed by atoms with E-state index in [1.165, 1.54) is 22.6 Å². The van der Waals surface area contributed by atoms with Crippen LogP contribution in [0.25, 0.3) is 0 Å². The Labute approximate surface area is 198 Å². The quantitative estimate of drug-likeness (QED) is 0.159. The van der Waals surface area contributed by atoms with Gasteiger partial charge in [0.15, 0.2) is 0 Å². The van der Waals surface area contributed by atoms with Gasteiger partial charge in [0.1, 0.15) is 0 Å². The van der Waals surface area contributed by atoms with Crippen LogP contribution in [0.3, 0.4) is 0 Å². The Balaban J connectivity index is 1.40. The van der Waals surface area contributed by atoms with Gasteiger partial charge in [0, 0.05) is 33.5 Å². The average Bonchev–Trinajstić information content (AvgIpc) is 2.73. The highest BCUT2D eigenvalue weighted by molar-refractivity contribution is 8.76. The van der Waals surface area contributed by atoms with E-state index in [4.69, 9.17) is 25.3 Å². The van der Waals surface area contributed by atoms with Crippen molar-refractivity contribution in [1.82, 2.24) is 0 Å². The maximum Gasteiger partial charge on any atom is 0.0206 e.